The lowest BCUT2D eigenvalue weighted by Gasteiger charge is -2.38. The highest BCUT2D eigenvalue weighted by atomic mass is 16.5. The van der Waals surface area contributed by atoms with Gasteiger partial charge in [0.1, 0.15) is 5.69 Å². The first kappa shape index (κ1) is 19.4. The third-order valence-electron chi connectivity index (χ3n) is 6.37. The molecule has 9 heteroatoms. The summed E-state index contributed by atoms with van der Waals surface area (Å²) in [5, 5.41) is 4.13. The summed E-state index contributed by atoms with van der Waals surface area (Å²) in [5.74, 6) is 0.748. The van der Waals surface area contributed by atoms with Gasteiger partial charge >= 0.3 is 0 Å². The predicted octanol–water partition coefficient (Wildman–Crippen LogP) is 1.14. The second kappa shape index (κ2) is 7.31. The molecule has 0 aromatic carbocycles. The number of fused-ring (bicyclic) bond motifs is 2. The van der Waals surface area contributed by atoms with E-state index in [0.717, 1.165) is 36.7 Å². The second-order valence-corrected chi connectivity index (χ2v) is 8.80. The number of aromatic nitrogens is 4. The average molecular weight is 412 g/mol. The maximum absolute atomic E-state index is 13.0. The fourth-order valence-electron chi connectivity index (χ4n) is 4.98. The Morgan fingerprint density at radius 3 is 2.80 bits per heavy atom. The van der Waals surface area contributed by atoms with E-state index in [4.69, 9.17) is 14.5 Å². The molecule has 2 aromatic rings. The lowest BCUT2D eigenvalue weighted by Crippen LogP contribution is -2.47. The van der Waals surface area contributed by atoms with Crippen molar-refractivity contribution in [1.82, 2.24) is 24.6 Å². The Bertz CT molecular complexity index is 952. The number of rotatable bonds is 2. The van der Waals surface area contributed by atoms with Crippen LogP contribution in [0.2, 0.25) is 0 Å². The van der Waals surface area contributed by atoms with Crippen molar-refractivity contribution in [3.8, 4) is 0 Å². The molecule has 3 aliphatic heterocycles. The lowest BCUT2D eigenvalue weighted by atomic mass is 9.80. The van der Waals surface area contributed by atoms with Gasteiger partial charge in [0.25, 0.3) is 5.91 Å². The summed E-state index contributed by atoms with van der Waals surface area (Å²) in [7, 11) is 1.79. The molecule has 3 atom stereocenters. The van der Waals surface area contributed by atoms with E-state index in [1.807, 2.05) is 11.1 Å². The van der Waals surface area contributed by atoms with Crippen LogP contribution in [0.5, 0.6) is 0 Å². The number of amides is 1. The van der Waals surface area contributed by atoms with Crippen LogP contribution in [-0.2, 0) is 28.5 Å². The molecule has 2 fully saturated rings. The third-order valence-corrected chi connectivity index (χ3v) is 6.37. The summed E-state index contributed by atoms with van der Waals surface area (Å²) in [6.07, 6.45) is 4.67. The van der Waals surface area contributed by atoms with Crippen LogP contribution in [0, 0.1) is 0 Å². The van der Waals surface area contributed by atoms with Crippen molar-refractivity contribution in [1.29, 1.82) is 0 Å². The number of anilines is 1. The van der Waals surface area contributed by atoms with Crippen LogP contribution in [0.25, 0.3) is 0 Å². The Morgan fingerprint density at radius 2 is 2.07 bits per heavy atom. The molecule has 1 amide bonds. The van der Waals surface area contributed by atoms with Crippen LogP contribution < -0.4 is 4.90 Å². The highest BCUT2D eigenvalue weighted by Gasteiger charge is 2.47. The van der Waals surface area contributed by atoms with E-state index in [-0.39, 0.29) is 23.5 Å². The first-order valence-corrected chi connectivity index (χ1v) is 10.6. The number of nitrogens with zero attached hydrogens (tertiary/aromatic N) is 6. The standard InChI is InChI=1S/C21H28N6O3/c1-14-9-27(10-15(2)30-14)20-22-8-16-11-29-13-21(18(16)24-20)5-7-26(12-21)19(28)17-4-6-23-25(17)3/h4,6,8,14-15H,5,7,9-13H2,1-3H3/t14-,15-,21+/m1/s1. The molecule has 30 heavy (non-hydrogen) atoms. The molecule has 0 saturated carbocycles. The molecular weight excluding hydrogens is 384 g/mol. The molecule has 3 aliphatic rings. The maximum atomic E-state index is 13.0. The average Bonchev–Trinajstić information content (AvgIpc) is 3.34. The molecule has 0 aliphatic carbocycles. The lowest BCUT2D eigenvalue weighted by molar-refractivity contribution is -0.00584. The molecular formula is C21H28N6O3. The zero-order valence-corrected chi connectivity index (χ0v) is 17.7. The Hall–Kier alpha value is -2.52. The van der Waals surface area contributed by atoms with Crippen molar-refractivity contribution in [2.45, 2.75) is 44.5 Å². The topological polar surface area (TPSA) is 85.6 Å². The van der Waals surface area contributed by atoms with E-state index >= 15 is 0 Å². The van der Waals surface area contributed by atoms with Crippen LogP contribution >= 0.6 is 0 Å². The molecule has 5 heterocycles. The number of likely N-dealkylation sites (tertiary alicyclic amines) is 1. The minimum Gasteiger partial charge on any atom is -0.376 e. The van der Waals surface area contributed by atoms with E-state index in [0.29, 0.717) is 32.0 Å². The van der Waals surface area contributed by atoms with Crippen molar-refractivity contribution < 1.29 is 14.3 Å². The normalized spacial score (nSPS) is 28.8. The van der Waals surface area contributed by atoms with Gasteiger partial charge in [0.15, 0.2) is 0 Å². The van der Waals surface area contributed by atoms with Crippen LogP contribution in [0.1, 0.15) is 42.0 Å². The summed E-state index contributed by atoms with van der Waals surface area (Å²) in [5.41, 5.74) is 2.37. The van der Waals surface area contributed by atoms with E-state index in [1.165, 1.54) is 0 Å². The van der Waals surface area contributed by atoms with Crippen LogP contribution in [0.15, 0.2) is 18.5 Å². The largest absolute Gasteiger partial charge is 0.376 e. The van der Waals surface area contributed by atoms with Crippen molar-refractivity contribution in [2.75, 3.05) is 37.7 Å². The van der Waals surface area contributed by atoms with E-state index in [2.05, 4.69) is 28.8 Å². The van der Waals surface area contributed by atoms with E-state index in [1.54, 1.807) is 24.0 Å². The maximum Gasteiger partial charge on any atom is 0.272 e. The first-order valence-electron chi connectivity index (χ1n) is 10.6. The van der Waals surface area contributed by atoms with Crippen molar-refractivity contribution in [2.24, 2.45) is 7.05 Å². The summed E-state index contributed by atoms with van der Waals surface area (Å²) in [6, 6.07) is 1.76. The van der Waals surface area contributed by atoms with Crippen molar-refractivity contribution in [3.05, 3.63) is 35.4 Å². The number of morpholine rings is 1. The minimum atomic E-state index is -0.289. The molecule has 0 unspecified atom stereocenters. The van der Waals surface area contributed by atoms with Crippen molar-refractivity contribution in [3.63, 3.8) is 0 Å². The molecule has 1 spiro atoms. The van der Waals surface area contributed by atoms with Gasteiger partial charge in [-0.2, -0.15) is 5.10 Å². The fourth-order valence-corrected chi connectivity index (χ4v) is 4.98. The molecule has 0 bridgehead atoms. The summed E-state index contributed by atoms with van der Waals surface area (Å²) in [6.45, 7) is 8.07. The van der Waals surface area contributed by atoms with Crippen molar-refractivity contribution >= 4 is 11.9 Å². The Kier molecular flexibility index (Phi) is 4.74. The van der Waals surface area contributed by atoms with Gasteiger partial charge in [-0.15, -0.1) is 0 Å². The first-order chi connectivity index (χ1) is 14.4. The number of ether oxygens (including phenoxy) is 2. The molecule has 160 valence electrons. The summed E-state index contributed by atoms with van der Waals surface area (Å²) < 4.78 is 13.4. The molecule has 5 rings (SSSR count). The fraction of sp³-hybridized carbons (Fsp3) is 0.619. The highest BCUT2D eigenvalue weighted by Crippen LogP contribution is 2.40. The SMILES string of the molecule is C[C@@H]1CN(c2ncc3c(n2)[C@]2(CCN(C(=O)c4ccnn4C)C2)COC3)C[C@@H](C)O1. The number of hydrogen-bond acceptors (Lipinski definition) is 7. The summed E-state index contributed by atoms with van der Waals surface area (Å²) in [4.78, 5) is 26.8. The number of aryl methyl sites for hydroxylation is 1. The van der Waals surface area contributed by atoms with Gasteiger partial charge in [-0.3, -0.25) is 9.48 Å². The minimum absolute atomic E-state index is 0.00380. The highest BCUT2D eigenvalue weighted by molar-refractivity contribution is 5.92. The number of hydrogen-bond donors (Lipinski definition) is 0. The van der Waals surface area contributed by atoms with Gasteiger partial charge < -0.3 is 19.3 Å². The van der Waals surface area contributed by atoms with Gasteiger partial charge in [0, 0.05) is 51.2 Å². The van der Waals surface area contributed by atoms with Crippen LogP contribution in [0.4, 0.5) is 5.95 Å². The smallest absolute Gasteiger partial charge is 0.272 e. The number of carbonyl (C=O) groups is 1. The zero-order valence-electron chi connectivity index (χ0n) is 17.7. The van der Waals surface area contributed by atoms with Gasteiger partial charge in [-0.25, -0.2) is 9.97 Å². The van der Waals surface area contributed by atoms with Crippen LogP contribution in [-0.4, -0.2) is 75.5 Å². The molecule has 9 nitrogen and oxygen atoms in total. The Morgan fingerprint density at radius 1 is 1.27 bits per heavy atom. The molecule has 0 N–H and O–H groups in total. The third kappa shape index (κ3) is 3.26. The summed E-state index contributed by atoms with van der Waals surface area (Å²) >= 11 is 0. The van der Waals surface area contributed by atoms with Gasteiger partial charge in [0.05, 0.1) is 36.5 Å². The molecule has 2 aromatic heterocycles. The number of carbonyl (C=O) groups excluding carboxylic acids is 1. The van der Waals surface area contributed by atoms with E-state index in [9.17, 15) is 4.79 Å². The molecule has 0 radical (unpaired) electrons. The molecule has 2 saturated heterocycles. The zero-order chi connectivity index (χ0) is 20.9. The quantitative estimate of drug-likeness (QED) is 0.731. The monoisotopic (exact) mass is 412 g/mol. The van der Waals surface area contributed by atoms with Gasteiger partial charge in [-0.05, 0) is 26.3 Å². The predicted molar refractivity (Wildman–Crippen MR) is 109 cm³/mol. The van der Waals surface area contributed by atoms with E-state index < -0.39 is 0 Å². The Labute approximate surface area is 176 Å². The van der Waals surface area contributed by atoms with Gasteiger partial charge in [0.2, 0.25) is 5.95 Å². The van der Waals surface area contributed by atoms with Gasteiger partial charge in [-0.1, -0.05) is 0 Å². The Balaban J connectivity index is 1.43. The second-order valence-electron chi connectivity index (χ2n) is 8.80. The van der Waals surface area contributed by atoms with Crippen LogP contribution in [0.3, 0.4) is 0 Å².